The summed E-state index contributed by atoms with van der Waals surface area (Å²) in [6.07, 6.45) is 0. The van der Waals surface area contributed by atoms with Crippen LogP contribution >= 0.6 is 15.9 Å². The summed E-state index contributed by atoms with van der Waals surface area (Å²) in [6, 6.07) is 19.6. The zero-order valence-electron chi connectivity index (χ0n) is 10.6. The van der Waals surface area contributed by atoms with E-state index in [1.807, 2.05) is 54.6 Å². The minimum atomic E-state index is 0.469. The molecule has 20 heavy (non-hydrogen) atoms. The zero-order valence-corrected chi connectivity index (χ0v) is 12.2. The van der Waals surface area contributed by atoms with Gasteiger partial charge in [-0.05, 0) is 12.1 Å². The van der Waals surface area contributed by atoms with Gasteiger partial charge in [-0.1, -0.05) is 58.4 Å². The van der Waals surface area contributed by atoms with E-state index in [1.54, 1.807) is 6.07 Å². The lowest BCUT2D eigenvalue weighted by atomic mass is 10.1. The van der Waals surface area contributed by atoms with Crippen LogP contribution in [0.1, 0.15) is 0 Å². The average molecular weight is 326 g/mol. The van der Waals surface area contributed by atoms with E-state index in [4.69, 9.17) is 5.73 Å². The first kappa shape index (κ1) is 12.8. The molecule has 3 nitrogen and oxygen atoms in total. The smallest absolute Gasteiger partial charge is 0.162 e. The summed E-state index contributed by atoms with van der Waals surface area (Å²) in [6.45, 7) is 0. The normalized spacial score (nSPS) is 10.4. The summed E-state index contributed by atoms with van der Waals surface area (Å²) in [7, 11) is 0. The number of nitrogens with two attached hydrogens (primary N) is 1. The molecule has 1 heterocycles. The number of nitrogen functional groups attached to an aromatic ring is 1. The summed E-state index contributed by atoms with van der Waals surface area (Å²) in [4.78, 5) is 8.90. The molecule has 0 saturated carbocycles. The third-order valence-corrected chi connectivity index (χ3v) is 3.45. The molecular formula is C16H12BrN3. The molecule has 0 aliphatic heterocycles. The molecule has 2 aromatic carbocycles. The Balaban J connectivity index is 2.09. The van der Waals surface area contributed by atoms with Crippen molar-refractivity contribution in [3.05, 3.63) is 65.1 Å². The Kier molecular flexibility index (Phi) is 3.48. The van der Waals surface area contributed by atoms with Crippen molar-refractivity contribution >= 4 is 21.7 Å². The van der Waals surface area contributed by atoms with Gasteiger partial charge in [0.15, 0.2) is 5.82 Å². The van der Waals surface area contributed by atoms with Crippen molar-refractivity contribution in [2.24, 2.45) is 0 Å². The Morgan fingerprint density at radius 3 is 2.20 bits per heavy atom. The maximum absolute atomic E-state index is 5.90. The number of hydrogen-bond donors (Lipinski definition) is 1. The largest absolute Gasteiger partial charge is 0.384 e. The van der Waals surface area contributed by atoms with Gasteiger partial charge in [0, 0.05) is 21.7 Å². The molecule has 0 atom stereocenters. The molecule has 0 aliphatic rings. The van der Waals surface area contributed by atoms with Gasteiger partial charge in [0.25, 0.3) is 0 Å². The van der Waals surface area contributed by atoms with Crippen molar-refractivity contribution in [3.63, 3.8) is 0 Å². The predicted molar refractivity (Wildman–Crippen MR) is 85.0 cm³/mol. The van der Waals surface area contributed by atoms with E-state index in [0.717, 1.165) is 21.3 Å². The molecule has 2 N–H and O–H groups in total. The highest BCUT2D eigenvalue weighted by molar-refractivity contribution is 9.10. The lowest BCUT2D eigenvalue weighted by molar-refractivity contribution is 1.19. The molecule has 0 spiro atoms. The maximum Gasteiger partial charge on any atom is 0.162 e. The molecule has 3 rings (SSSR count). The van der Waals surface area contributed by atoms with Gasteiger partial charge in [0.2, 0.25) is 0 Å². The van der Waals surface area contributed by atoms with Gasteiger partial charge >= 0.3 is 0 Å². The van der Waals surface area contributed by atoms with Crippen molar-refractivity contribution < 1.29 is 0 Å². The number of benzene rings is 2. The van der Waals surface area contributed by atoms with E-state index >= 15 is 0 Å². The van der Waals surface area contributed by atoms with E-state index < -0.39 is 0 Å². The highest BCUT2D eigenvalue weighted by atomic mass is 79.9. The summed E-state index contributed by atoms with van der Waals surface area (Å²) < 4.78 is 1.03. The van der Waals surface area contributed by atoms with Crippen LogP contribution in [0.3, 0.4) is 0 Å². The highest BCUT2D eigenvalue weighted by Crippen LogP contribution is 2.24. The van der Waals surface area contributed by atoms with Gasteiger partial charge in [-0.25, -0.2) is 9.97 Å². The van der Waals surface area contributed by atoms with Crippen LogP contribution in [0.4, 0.5) is 5.82 Å². The molecule has 0 unspecified atom stereocenters. The predicted octanol–water partition coefficient (Wildman–Crippen LogP) is 4.16. The topological polar surface area (TPSA) is 51.8 Å². The number of aromatic nitrogens is 2. The summed E-state index contributed by atoms with van der Waals surface area (Å²) in [5, 5.41) is 0. The second kappa shape index (κ2) is 5.43. The van der Waals surface area contributed by atoms with Crippen molar-refractivity contribution in [1.82, 2.24) is 9.97 Å². The first-order valence-corrected chi connectivity index (χ1v) is 6.97. The second-order valence-corrected chi connectivity index (χ2v) is 5.29. The Labute approximate surface area is 125 Å². The highest BCUT2D eigenvalue weighted by Gasteiger charge is 2.06. The Hall–Kier alpha value is -2.20. The van der Waals surface area contributed by atoms with Crippen LogP contribution in [0.2, 0.25) is 0 Å². The molecule has 0 bridgehead atoms. The van der Waals surface area contributed by atoms with E-state index in [-0.39, 0.29) is 0 Å². The summed E-state index contributed by atoms with van der Waals surface area (Å²) >= 11 is 3.43. The molecular weight excluding hydrogens is 314 g/mol. The molecule has 1 aromatic heterocycles. The van der Waals surface area contributed by atoms with Crippen LogP contribution in [-0.4, -0.2) is 9.97 Å². The number of nitrogens with zero attached hydrogens (tertiary/aromatic N) is 2. The molecule has 3 aromatic rings. The SMILES string of the molecule is Nc1cc(-c2ccc(Br)cc2)nc(-c2ccccc2)n1. The van der Waals surface area contributed by atoms with Crippen LogP contribution in [0, 0.1) is 0 Å². The van der Waals surface area contributed by atoms with Gasteiger partial charge in [0.05, 0.1) is 5.69 Å². The Morgan fingerprint density at radius 2 is 1.50 bits per heavy atom. The third kappa shape index (κ3) is 2.70. The molecule has 0 saturated heterocycles. The maximum atomic E-state index is 5.90. The molecule has 0 radical (unpaired) electrons. The van der Waals surface area contributed by atoms with Gasteiger partial charge in [0.1, 0.15) is 5.82 Å². The third-order valence-electron chi connectivity index (χ3n) is 2.92. The zero-order chi connectivity index (χ0) is 13.9. The quantitative estimate of drug-likeness (QED) is 0.769. The molecule has 4 heteroatoms. The minimum Gasteiger partial charge on any atom is -0.384 e. The first-order chi connectivity index (χ1) is 9.72. The lowest BCUT2D eigenvalue weighted by Gasteiger charge is -2.06. The van der Waals surface area contributed by atoms with Gasteiger partial charge in [-0.3, -0.25) is 0 Å². The fourth-order valence-corrected chi connectivity index (χ4v) is 2.22. The van der Waals surface area contributed by atoms with E-state index in [0.29, 0.717) is 11.6 Å². The second-order valence-electron chi connectivity index (χ2n) is 4.37. The number of anilines is 1. The number of rotatable bonds is 2. The van der Waals surface area contributed by atoms with Crippen molar-refractivity contribution in [1.29, 1.82) is 0 Å². The molecule has 0 amide bonds. The van der Waals surface area contributed by atoms with Crippen LogP contribution in [0.15, 0.2) is 65.1 Å². The lowest BCUT2D eigenvalue weighted by Crippen LogP contribution is -1.97. The van der Waals surface area contributed by atoms with E-state index in [9.17, 15) is 0 Å². The molecule has 0 aliphatic carbocycles. The standard InChI is InChI=1S/C16H12BrN3/c17-13-8-6-11(7-9-13)14-10-15(18)20-16(19-14)12-4-2-1-3-5-12/h1-10H,(H2,18,19,20). The first-order valence-electron chi connectivity index (χ1n) is 6.18. The van der Waals surface area contributed by atoms with Crippen LogP contribution in [-0.2, 0) is 0 Å². The number of hydrogen-bond acceptors (Lipinski definition) is 3. The van der Waals surface area contributed by atoms with Crippen molar-refractivity contribution in [2.75, 3.05) is 5.73 Å². The van der Waals surface area contributed by atoms with Crippen molar-refractivity contribution in [3.8, 4) is 22.6 Å². The minimum absolute atomic E-state index is 0.469. The fraction of sp³-hybridized carbons (Fsp3) is 0. The molecule has 0 fully saturated rings. The van der Waals surface area contributed by atoms with E-state index in [2.05, 4.69) is 25.9 Å². The average Bonchev–Trinajstić information content (AvgIpc) is 2.48. The van der Waals surface area contributed by atoms with Crippen LogP contribution in [0.5, 0.6) is 0 Å². The monoisotopic (exact) mass is 325 g/mol. The summed E-state index contributed by atoms with van der Waals surface area (Å²) in [5.41, 5.74) is 8.70. The Bertz CT molecular complexity index is 724. The fourth-order valence-electron chi connectivity index (χ4n) is 1.95. The van der Waals surface area contributed by atoms with Crippen LogP contribution < -0.4 is 5.73 Å². The van der Waals surface area contributed by atoms with Gasteiger partial charge in [-0.2, -0.15) is 0 Å². The Morgan fingerprint density at radius 1 is 0.800 bits per heavy atom. The summed E-state index contributed by atoms with van der Waals surface area (Å²) in [5.74, 6) is 1.11. The van der Waals surface area contributed by atoms with Crippen molar-refractivity contribution in [2.45, 2.75) is 0 Å². The van der Waals surface area contributed by atoms with Gasteiger partial charge in [-0.15, -0.1) is 0 Å². The number of halogens is 1. The van der Waals surface area contributed by atoms with Gasteiger partial charge < -0.3 is 5.73 Å². The molecule has 98 valence electrons. The van der Waals surface area contributed by atoms with E-state index in [1.165, 1.54) is 0 Å². The van der Waals surface area contributed by atoms with Crippen LogP contribution in [0.25, 0.3) is 22.6 Å².